The molecule has 0 radical (unpaired) electrons. The Morgan fingerprint density at radius 3 is 2.80 bits per heavy atom. The lowest BCUT2D eigenvalue weighted by Crippen LogP contribution is -2.30. The van der Waals surface area contributed by atoms with Crippen LogP contribution in [-0.2, 0) is 0 Å². The van der Waals surface area contributed by atoms with Gasteiger partial charge in [-0.2, -0.15) is 5.26 Å². The van der Waals surface area contributed by atoms with Gasteiger partial charge in [-0.25, -0.2) is 0 Å². The molecule has 82 valence electrons. The van der Waals surface area contributed by atoms with Crippen LogP contribution in [0.25, 0.3) is 0 Å². The third-order valence-corrected chi connectivity index (χ3v) is 3.52. The first-order chi connectivity index (χ1) is 7.19. The number of nitrogens with two attached hydrogens (primary N) is 1. The zero-order valence-electron chi connectivity index (χ0n) is 9.23. The van der Waals surface area contributed by atoms with Gasteiger partial charge in [0.25, 0.3) is 0 Å². The van der Waals surface area contributed by atoms with Gasteiger partial charge in [0, 0.05) is 29.3 Å². The highest BCUT2D eigenvalue weighted by molar-refractivity contribution is 7.12. The average molecular weight is 223 g/mol. The van der Waals surface area contributed by atoms with Gasteiger partial charge in [-0.1, -0.05) is 0 Å². The van der Waals surface area contributed by atoms with Crippen molar-refractivity contribution < 1.29 is 0 Å². The largest absolute Gasteiger partial charge is 0.329 e. The molecular formula is C11H17N3S. The maximum Gasteiger partial charge on any atom is 0.0635 e. The van der Waals surface area contributed by atoms with E-state index in [1.54, 1.807) is 11.3 Å². The summed E-state index contributed by atoms with van der Waals surface area (Å²) in [5.74, 6) is 0. The van der Waals surface area contributed by atoms with Gasteiger partial charge in [0.2, 0.25) is 0 Å². The minimum atomic E-state index is 0.247. The predicted octanol–water partition coefficient (Wildman–Crippen LogP) is 1.90. The topological polar surface area (TPSA) is 53.0 Å². The summed E-state index contributed by atoms with van der Waals surface area (Å²) in [6, 6.07) is 6.64. The Hall–Kier alpha value is -0.890. The van der Waals surface area contributed by atoms with Gasteiger partial charge in [-0.15, -0.1) is 11.3 Å². The Morgan fingerprint density at radius 1 is 1.60 bits per heavy atom. The molecule has 15 heavy (non-hydrogen) atoms. The van der Waals surface area contributed by atoms with Crippen LogP contribution in [0.3, 0.4) is 0 Å². The quantitative estimate of drug-likeness (QED) is 0.829. The van der Waals surface area contributed by atoms with E-state index in [-0.39, 0.29) is 6.04 Å². The maximum atomic E-state index is 8.54. The zero-order chi connectivity index (χ0) is 11.3. The highest BCUT2D eigenvalue weighted by Gasteiger charge is 2.16. The number of nitrogens with zero attached hydrogens (tertiary/aromatic N) is 2. The van der Waals surface area contributed by atoms with Crippen molar-refractivity contribution in [1.29, 1.82) is 5.26 Å². The van der Waals surface area contributed by atoms with E-state index in [1.165, 1.54) is 9.75 Å². The van der Waals surface area contributed by atoms with E-state index >= 15 is 0 Å². The van der Waals surface area contributed by atoms with Crippen molar-refractivity contribution in [2.45, 2.75) is 19.4 Å². The first kappa shape index (κ1) is 12.2. The van der Waals surface area contributed by atoms with Gasteiger partial charge < -0.3 is 5.73 Å². The Kier molecular flexibility index (Phi) is 4.76. The van der Waals surface area contributed by atoms with Crippen molar-refractivity contribution >= 4 is 11.3 Å². The highest BCUT2D eigenvalue weighted by atomic mass is 32.1. The fraction of sp³-hybridized carbons (Fsp3) is 0.545. The molecule has 0 saturated carbocycles. The second-order valence-electron chi connectivity index (χ2n) is 3.59. The summed E-state index contributed by atoms with van der Waals surface area (Å²) < 4.78 is 0. The van der Waals surface area contributed by atoms with Gasteiger partial charge in [0.1, 0.15) is 0 Å². The van der Waals surface area contributed by atoms with Crippen molar-refractivity contribution in [1.82, 2.24) is 4.90 Å². The van der Waals surface area contributed by atoms with Crippen LogP contribution < -0.4 is 5.73 Å². The van der Waals surface area contributed by atoms with Crippen LogP contribution in [0.1, 0.15) is 22.2 Å². The van der Waals surface area contributed by atoms with Crippen LogP contribution in [0.4, 0.5) is 0 Å². The van der Waals surface area contributed by atoms with Crippen molar-refractivity contribution in [3.8, 4) is 6.07 Å². The van der Waals surface area contributed by atoms with Crippen molar-refractivity contribution in [2.24, 2.45) is 5.73 Å². The summed E-state index contributed by atoms with van der Waals surface area (Å²) in [6.45, 7) is 3.47. The fourth-order valence-corrected chi connectivity index (χ4v) is 2.58. The SMILES string of the molecule is Cc1ccc(C(CN)N(C)CCC#N)s1. The molecule has 0 fully saturated rings. The second-order valence-corrected chi connectivity index (χ2v) is 4.91. The van der Waals surface area contributed by atoms with Crippen LogP contribution in [-0.4, -0.2) is 25.0 Å². The number of hydrogen-bond donors (Lipinski definition) is 1. The molecule has 0 aliphatic carbocycles. The van der Waals surface area contributed by atoms with Crippen molar-refractivity contribution in [3.05, 3.63) is 21.9 Å². The lowest BCUT2D eigenvalue weighted by atomic mass is 10.2. The molecule has 1 aromatic rings. The summed E-state index contributed by atoms with van der Waals surface area (Å²) >= 11 is 1.78. The van der Waals surface area contributed by atoms with Gasteiger partial charge in [-0.05, 0) is 26.1 Å². The molecule has 1 heterocycles. The third kappa shape index (κ3) is 3.31. The zero-order valence-corrected chi connectivity index (χ0v) is 10.0. The smallest absolute Gasteiger partial charge is 0.0635 e. The van der Waals surface area contributed by atoms with Crippen LogP contribution >= 0.6 is 11.3 Å². The molecule has 1 unspecified atom stereocenters. The Bertz CT molecular complexity index is 340. The van der Waals surface area contributed by atoms with Gasteiger partial charge in [-0.3, -0.25) is 4.90 Å². The van der Waals surface area contributed by atoms with E-state index < -0.39 is 0 Å². The van der Waals surface area contributed by atoms with Crippen molar-refractivity contribution in [3.63, 3.8) is 0 Å². The van der Waals surface area contributed by atoms with Crippen LogP contribution in [0, 0.1) is 18.3 Å². The van der Waals surface area contributed by atoms with Crippen LogP contribution in [0.2, 0.25) is 0 Å². The first-order valence-electron chi connectivity index (χ1n) is 5.02. The first-order valence-corrected chi connectivity index (χ1v) is 5.84. The van der Waals surface area contributed by atoms with E-state index in [0.717, 1.165) is 6.54 Å². The summed E-state index contributed by atoms with van der Waals surface area (Å²) in [6.07, 6.45) is 0.553. The molecule has 0 aromatic carbocycles. The van der Waals surface area contributed by atoms with E-state index in [1.807, 2.05) is 7.05 Å². The number of rotatable bonds is 5. The molecule has 1 rings (SSSR count). The molecule has 0 aliphatic rings. The minimum absolute atomic E-state index is 0.247. The second kappa shape index (κ2) is 5.86. The molecule has 0 amide bonds. The van der Waals surface area contributed by atoms with Gasteiger partial charge >= 0.3 is 0 Å². The Labute approximate surface area is 95.1 Å². The summed E-state index contributed by atoms with van der Waals surface area (Å²) in [5, 5.41) is 8.54. The molecule has 1 atom stereocenters. The Balaban J connectivity index is 2.67. The van der Waals surface area contributed by atoms with E-state index in [2.05, 4.69) is 30.0 Å². The third-order valence-electron chi connectivity index (χ3n) is 2.42. The molecule has 0 bridgehead atoms. The molecule has 3 nitrogen and oxygen atoms in total. The lowest BCUT2D eigenvalue weighted by molar-refractivity contribution is 0.259. The molecule has 0 spiro atoms. The number of likely N-dealkylation sites (N-methyl/N-ethyl adjacent to an activating group) is 1. The van der Waals surface area contributed by atoms with E-state index in [9.17, 15) is 0 Å². The average Bonchev–Trinajstić information content (AvgIpc) is 2.63. The summed E-state index contributed by atoms with van der Waals surface area (Å²) in [4.78, 5) is 4.74. The monoisotopic (exact) mass is 223 g/mol. The van der Waals surface area contributed by atoms with E-state index in [4.69, 9.17) is 11.0 Å². The molecule has 4 heteroatoms. The molecule has 2 N–H and O–H groups in total. The molecular weight excluding hydrogens is 206 g/mol. The van der Waals surface area contributed by atoms with Gasteiger partial charge in [0.15, 0.2) is 0 Å². The van der Waals surface area contributed by atoms with Crippen molar-refractivity contribution in [2.75, 3.05) is 20.1 Å². The molecule has 0 saturated heterocycles. The number of aryl methyl sites for hydroxylation is 1. The maximum absolute atomic E-state index is 8.54. The number of nitriles is 1. The number of thiophene rings is 1. The predicted molar refractivity (Wildman–Crippen MR) is 63.7 cm³/mol. The summed E-state index contributed by atoms with van der Waals surface area (Å²) in [7, 11) is 2.02. The van der Waals surface area contributed by atoms with Crippen LogP contribution in [0.5, 0.6) is 0 Å². The van der Waals surface area contributed by atoms with Gasteiger partial charge in [0.05, 0.1) is 12.1 Å². The molecule has 1 aromatic heterocycles. The standard InChI is InChI=1S/C11H17N3S/c1-9-4-5-11(15-9)10(8-13)14(2)7-3-6-12/h4-5,10H,3,7-8,13H2,1-2H3. The molecule has 0 aliphatic heterocycles. The number of hydrogen-bond acceptors (Lipinski definition) is 4. The lowest BCUT2D eigenvalue weighted by Gasteiger charge is -2.24. The Morgan fingerprint density at radius 2 is 2.33 bits per heavy atom. The highest BCUT2D eigenvalue weighted by Crippen LogP contribution is 2.25. The van der Waals surface area contributed by atoms with Crippen LogP contribution in [0.15, 0.2) is 12.1 Å². The normalized spacial score (nSPS) is 12.7. The fourth-order valence-electron chi connectivity index (χ4n) is 1.53. The van der Waals surface area contributed by atoms with E-state index in [0.29, 0.717) is 13.0 Å². The summed E-state index contributed by atoms with van der Waals surface area (Å²) in [5.41, 5.74) is 5.77. The minimum Gasteiger partial charge on any atom is -0.329 e.